The molecule has 0 saturated heterocycles. The Morgan fingerprint density at radius 2 is 1.96 bits per heavy atom. The largest absolute Gasteiger partial charge is 0.486 e. The van der Waals surface area contributed by atoms with Crippen LogP contribution in [-0.2, 0) is 0 Å². The molecule has 1 N–H and O–H groups in total. The molecule has 26 heavy (non-hydrogen) atoms. The maximum atomic E-state index is 12.2. The maximum absolute atomic E-state index is 12.2. The lowest BCUT2D eigenvalue weighted by Crippen LogP contribution is -2.15. The SMILES string of the molecule is CC(C)n1ccc(C(=O)Nc2nnc(-c3ccc4c(c3)OCCO4)o2)n1. The van der Waals surface area contributed by atoms with E-state index < -0.39 is 5.91 Å². The minimum Gasteiger partial charge on any atom is -0.486 e. The van der Waals surface area contributed by atoms with E-state index in [1.165, 1.54) is 0 Å². The average molecular weight is 355 g/mol. The fourth-order valence-corrected chi connectivity index (χ4v) is 2.47. The Labute approximate surface area is 148 Å². The molecule has 1 aromatic carbocycles. The lowest BCUT2D eigenvalue weighted by atomic mass is 10.2. The summed E-state index contributed by atoms with van der Waals surface area (Å²) in [4.78, 5) is 12.2. The van der Waals surface area contributed by atoms with Gasteiger partial charge in [-0.3, -0.25) is 14.8 Å². The van der Waals surface area contributed by atoms with Crippen molar-refractivity contribution in [1.29, 1.82) is 0 Å². The van der Waals surface area contributed by atoms with E-state index in [4.69, 9.17) is 13.9 Å². The summed E-state index contributed by atoms with van der Waals surface area (Å²) >= 11 is 0. The van der Waals surface area contributed by atoms with Gasteiger partial charge in [0.2, 0.25) is 5.89 Å². The van der Waals surface area contributed by atoms with Crippen molar-refractivity contribution in [2.75, 3.05) is 18.5 Å². The molecule has 0 radical (unpaired) electrons. The molecule has 0 bridgehead atoms. The molecule has 9 nitrogen and oxygen atoms in total. The molecule has 134 valence electrons. The van der Waals surface area contributed by atoms with Crippen molar-refractivity contribution in [3.8, 4) is 23.0 Å². The van der Waals surface area contributed by atoms with Crippen LogP contribution in [0.5, 0.6) is 11.5 Å². The van der Waals surface area contributed by atoms with Crippen molar-refractivity contribution in [2.45, 2.75) is 19.9 Å². The molecule has 0 fully saturated rings. The van der Waals surface area contributed by atoms with Crippen molar-refractivity contribution in [1.82, 2.24) is 20.0 Å². The van der Waals surface area contributed by atoms with Crippen molar-refractivity contribution in [2.24, 2.45) is 0 Å². The Morgan fingerprint density at radius 1 is 1.15 bits per heavy atom. The third kappa shape index (κ3) is 3.10. The zero-order chi connectivity index (χ0) is 18.1. The van der Waals surface area contributed by atoms with Crippen LogP contribution >= 0.6 is 0 Å². The number of fused-ring (bicyclic) bond motifs is 1. The molecule has 0 atom stereocenters. The van der Waals surface area contributed by atoms with Crippen LogP contribution in [0.25, 0.3) is 11.5 Å². The van der Waals surface area contributed by atoms with E-state index in [1.54, 1.807) is 35.1 Å². The number of ether oxygens (including phenoxy) is 2. The van der Waals surface area contributed by atoms with Crippen molar-refractivity contribution >= 4 is 11.9 Å². The highest BCUT2D eigenvalue weighted by atomic mass is 16.6. The van der Waals surface area contributed by atoms with Crippen molar-refractivity contribution in [3.05, 3.63) is 36.2 Å². The van der Waals surface area contributed by atoms with Crippen LogP contribution < -0.4 is 14.8 Å². The molecule has 1 aliphatic heterocycles. The normalized spacial score (nSPS) is 13.0. The molecule has 1 amide bonds. The van der Waals surface area contributed by atoms with Gasteiger partial charge in [0.15, 0.2) is 17.2 Å². The highest BCUT2D eigenvalue weighted by molar-refractivity contribution is 6.01. The summed E-state index contributed by atoms with van der Waals surface area (Å²) in [5.74, 6) is 1.15. The van der Waals surface area contributed by atoms with Crippen LogP contribution in [0, 0.1) is 0 Å². The van der Waals surface area contributed by atoms with E-state index in [2.05, 4.69) is 20.6 Å². The molecular formula is C17H17N5O4. The lowest BCUT2D eigenvalue weighted by Gasteiger charge is -2.18. The molecule has 9 heteroatoms. The monoisotopic (exact) mass is 355 g/mol. The van der Waals surface area contributed by atoms with Crippen LogP contribution in [0.2, 0.25) is 0 Å². The smallest absolute Gasteiger partial charge is 0.322 e. The number of benzene rings is 1. The number of nitrogens with zero attached hydrogens (tertiary/aromatic N) is 4. The molecule has 4 rings (SSSR count). The summed E-state index contributed by atoms with van der Waals surface area (Å²) in [6.07, 6.45) is 1.74. The zero-order valence-corrected chi connectivity index (χ0v) is 14.3. The second-order valence-corrected chi connectivity index (χ2v) is 6.00. The van der Waals surface area contributed by atoms with Crippen molar-refractivity contribution in [3.63, 3.8) is 0 Å². The van der Waals surface area contributed by atoms with Gasteiger partial charge in [0.1, 0.15) is 13.2 Å². The Kier molecular flexibility index (Phi) is 4.04. The van der Waals surface area contributed by atoms with Gasteiger partial charge < -0.3 is 13.9 Å². The van der Waals surface area contributed by atoms with Crippen molar-refractivity contribution < 1.29 is 18.7 Å². The number of amides is 1. The topological polar surface area (TPSA) is 104 Å². The van der Waals surface area contributed by atoms with Crippen LogP contribution in [0.4, 0.5) is 6.01 Å². The maximum Gasteiger partial charge on any atom is 0.322 e. The van der Waals surface area contributed by atoms with Gasteiger partial charge in [-0.25, -0.2) is 0 Å². The number of hydrogen-bond donors (Lipinski definition) is 1. The van der Waals surface area contributed by atoms with E-state index in [1.807, 2.05) is 13.8 Å². The number of rotatable bonds is 4. The first-order valence-corrected chi connectivity index (χ1v) is 8.20. The van der Waals surface area contributed by atoms with E-state index in [9.17, 15) is 4.79 Å². The second-order valence-electron chi connectivity index (χ2n) is 6.00. The number of carbonyl (C=O) groups excluding carboxylic acids is 1. The lowest BCUT2D eigenvalue weighted by molar-refractivity contribution is 0.101. The summed E-state index contributed by atoms with van der Waals surface area (Å²) in [5.41, 5.74) is 0.948. The van der Waals surface area contributed by atoms with Crippen LogP contribution in [0.1, 0.15) is 30.4 Å². The summed E-state index contributed by atoms with van der Waals surface area (Å²) in [6, 6.07) is 7.13. The fraction of sp³-hybridized carbons (Fsp3) is 0.294. The molecule has 0 spiro atoms. The standard InChI is InChI=1S/C17H17N5O4/c1-10(2)22-6-5-12(21-22)15(23)18-17-20-19-16(26-17)11-3-4-13-14(9-11)25-8-7-24-13/h3-6,9-10H,7-8H2,1-2H3,(H,18,20,23). The first kappa shape index (κ1) is 16.1. The molecule has 0 unspecified atom stereocenters. The van der Waals surface area contributed by atoms with Gasteiger partial charge in [0.05, 0.1) is 0 Å². The highest BCUT2D eigenvalue weighted by Gasteiger charge is 2.18. The van der Waals surface area contributed by atoms with Gasteiger partial charge in [-0.1, -0.05) is 5.10 Å². The Balaban J connectivity index is 1.50. The van der Waals surface area contributed by atoms with E-state index in [0.717, 1.165) is 0 Å². The predicted molar refractivity (Wildman–Crippen MR) is 91.3 cm³/mol. The van der Waals surface area contributed by atoms with Gasteiger partial charge in [-0.05, 0) is 38.1 Å². The van der Waals surface area contributed by atoms with Gasteiger partial charge >= 0.3 is 6.01 Å². The highest BCUT2D eigenvalue weighted by Crippen LogP contribution is 2.34. The Hall–Kier alpha value is -3.36. The fourth-order valence-electron chi connectivity index (χ4n) is 2.47. The minimum absolute atomic E-state index is 0.000939. The average Bonchev–Trinajstić information content (AvgIpc) is 3.31. The van der Waals surface area contributed by atoms with Gasteiger partial charge in [-0.15, -0.1) is 5.10 Å². The van der Waals surface area contributed by atoms with Crippen LogP contribution in [0.15, 0.2) is 34.9 Å². The summed E-state index contributed by atoms with van der Waals surface area (Å²) in [7, 11) is 0. The molecule has 3 aromatic rings. The summed E-state index contributed by atoms with van der Waals surface area (Å²) < 4.78 is 18.2. The van der Waals surface area contributed by atoms with Gasteiger partial charge in [-0.2, -0.15) is 5.10 Å². The third-order valence-corrected chi connectivity index (χ3v) is 3.80. The first-order valence-electron chi connectivity index (χ1n) is 8.20. The van der Waals surface area contributed by atoms with Gasteiger partial charge in [0.25, 0.3) is 5.91 Å². The predicted octanol–water partition coefficient (Wildman–Crippen LogP) is 2.54. The zero-order valence-electron chi connectivity index (χ0n) is 14.3. The number of nitrogens with one attached hydrogen (secondary N) is 1. The summed E-state index contributed by atoms with van der Waals surface area (Å²) in [5, 5.41) is 14.6. The van der Waals surface area contributed by atoms with Crippen LogP contribution in [-0.4, -0.2) is 39.1 Å². The van der Waals surface area contributed by atoms with E-state index >= 15 is 0 Å². The Bertz CT molecular complexity index is 946. The third-order valence-electron chi connectivity index (χ3n) is 3.80. The molecule has 1 aliphatic rings. The van der Waals surface area contributed by atoms with Gasteiger partial charge in [0, 0.05) is 17.8 Å². The number of aromatic nitrogens is 4. The molecule has 0 saturated carbocycles. The molecule has 0 aliphatic carbocycles. The first-order chi connectivity index (χ1) is 12.6. The molecular weight excluding hydrogens is 338 g/mol. The quantitative estimate of drug-likeness (QED) is 0.767. The van der Waals surface area contributed by atoms with Crippen LogP contribution in [0.3, 0.4) is 0 Å². The minimum atomic E-state index is -0.415. The Morgan fingerprint density at radius 3 is 2.73 bits per heavy atom. The van der Waals surface area contributed by atoms with E-state index in [0.29, 0.717) is 30.3 Å². The number of anilines is 1. The second kappa shape index (κ2) is 6.51. The summed E-state index contributed by atoms with van der Waals surface area (Å²) in [6.45, 7) is 4.97. The number of hydrogen-bond acceptors (Lipinski definition) is 7. The van der Waals surface area contributed by atoms with E-state index in [-0.39, 0.29) is 23.6 Å². The number of carbonyl (C=O) groups is 1. The molecule has 3 heterocycles. The molecule has 2 aromatic heterocycles.